The molecule has 0 spiro atoms. The van der Waals surface area contributed by atoms with E-state index in [9.17, 15) is 9.59 Å². The summed E-state index contributed by atoms with van der Waals surface area (Å²) in [6, 6.07) is 11.4. The van der Waals surface area contributed by atoms with Crippen molar-refractivity contribution in [3.05, 3.63) is 40.9 Å². The van der Waals surface area contributed by atoms with Crippen LogP contribution in [0.2, 0.25) is 0 Å². The van der Waals surface area contributed by atoms with E-state index in [1.807, 2.05) is 30.3 Å². The van der Waals surface area contributed by atoms with Crippen LogP contribution < -0.4 is 4.90 Å². The van der Waals surface area contributed by atoms with Crippen molar-refractivity contribution < 1.29 is 14.3 Å². The predicted octanol–water partition coefficient (Wildman–Crippen LogP) is 2.49. The number of hydrogen-bond acceptors (Lipinski definition) is 3. The molecule has 2 amide bonds. The molecule has 0 radical (unpaired) electrons. The molecule has 2 aromatic rings. The lowest BCUT2D eigenvalue weighted by molar-refractivity contribution is -0.138. The molecule has 1 aliphatic rings. The molecular formula is C14H10BrNO3. The number of fused-ring (bicyclic) bond motifs is 1. The molecule has 1 saturated heterocycles. The molecule has 2 aromatic carbocycles. The van der Waals surface area contributed by atoms with Crippen LogP contribution in [-0.4, -0.2) is 25.0 Å². The van der Waals surface area contributed by atoms with E-state index in [4.69, 9.17) is 4.74 Å². The van der Waals surface area contributed by atoms with Crippen LogP contribution in [0.4, 0.5) is 5.69 Å². The number of benzene rings is 2. The second-order valence-electron chi connectivity index (χ2n) is 4.29. The van der Waals surface area contributed by atoms with Crippen molar-refractivity contribution in [2.24, 2.45) is 0 Å². The van der Waals surface area contributed by atoms with Crippen molar-refractivity contribution >= 4 is 44.2 Å². The minimum Gasteiger partial charge on any atom is -0.362 e. The number of morpholine rings is 1. The standard InChI is InChI=1S/C14H10BrNO3/c15-11-3-1-10-6-12(4-2-9(10)5-11)16-13(17)7-19-8-14(16)18/h1-6H,7-8H2. The van der Waals surface area contributed by atoms with Crippen molar-refractivity contribution in [3.63, 3.8) is 0 Å². The number of hydrogen-bond donors (Lipinski definition) is 0. The summed E-state index contributed by atoms with van der Waals surface area (Å²) in [5.41, 5.74) is 0.591. The van der Waals surface area contributed by atoms with Gasteiger partial charge in [-0.3, -0.25) is 9.59 Å². The SMILES string of the molecule is O=C1COCC(=O)N1c1ccc2cc(Br)ccc2c1. The Labute approximate surface area is 118 Å². The highest BCUT2D eigenvalue weighted by Gasteiger charge is 2.28. The number of ether oxygens (including phenoxy) is 1. The fraction of sp³-hybridized carbons (Fsp3) is 0.143. The van der Waals surface area contributed by atoms with Crippen molar-refractivity contribution in [1.82, 2.24) is 0 Å². The first-order valence-corrected chi connectivity index (χ1v) is 6.57. The molecule has 0 saturated carbocycles. The molecule has 0 unspecified atom stereocenters. The zero-order valence-electron chi connectivity index (χ0n) is 9.93. The smallest absolute Gasteiger partial charge is 0.259 e. The van der Waals surface area contributed by atoms with Crippen molar-refractivity contribution in [3.8, 4) is 0 Å². The minimum atomic E-state index is -0.326. The van der Waals surface area contributed by atoms with E-state index >= 15 is 0 Å². The van der Waals surface area contributed by atoms with Gasteiger partial charge in [-0.25, -0.2) is 4.90 Å². The molecule has 5 heteroatoms. The first-order chi connectivity index (χ1) is 9.15. The van der Waals surface area contributed by atoms with Crippen LogP contribution >= 0.6 is 15.9 Å². The number of imide groups is 1. The van der Waals surface area contributed by atoms with Gasteiger partial charge < -0.3 is 4.74 Å². The molecule has 0 atom stereocenters. The quantitative estimate of drug-likeness (QED) is 0.759. The van der Waals surface area contributed by atoms with E-state index in [2.05, 4.69) is 15.9 Å². The van der Waals surface area contributed by atoms with Gasteiger partial charge in [0.15, 0.2) is 0 Å². The van der Waals surface area contributed by atoms with Gasteiger partial charge in [0.05, 0.1) is 5.69 Å². The molecule has 0 N–H and O–H groups in total. The summed E-state index contributed by atoms with van der Waals surface area (Å²) >= 11 is 3.41. The topological polar surface area (TPSA) is 46.6 Å². The third kappa shape index (κ3) is 2.27. The zero-order chi connectivity index (χ0) is 13.4. The van der Waals surface area contributed by atoms with Gasteiger partial charge in [0.25, 0.3) is 11.8 Å². The number of carbonyl (C=O) groups is 2. The third-order valence-corrected chi connectivity index (χ3v) is 3.49. The highest BCUT2D eigenvalue weighted by atomic mass is 79.9. The van der Waals surface area contributed by atoms with E-state index in [1.54, 1.807) is 6.07 Å². The van der Waals surface area contributed by atoms with E-state index in [0.29, 0.717) is 5.69 Å². The summed E-state index contributed by atoms with van der Waals surface area (Å²) in [6.45, 7) is -0.103. The van der Waals surface area contributed by atoms with Gasteiger partial charge in [0.2, 0.25) is 0 Å². The van der Waals surface area contributed by atoms with E-state index in [1.165, 1.54) is 4.90 Å². The van der Waals surface area contributed by atoms with Gasteiger partial charge in [0.1, 0.15) is 13.2 Å². The third-order valence-electron chi connectivity index (χ3n) is 2.99. The maximum atomic E-state index is 11.8. The van der Waals surface area contributed by atoms with E-state index < -0.39 is 0 Å². The van der Waals surface area contributed by atoms with Gasteiger partial charge in [-0.2, -0.15) is 0 Å². The van der Waals surface area contributed by atoms with E-state index in [-0.39, 0.29) is 25.0 Å². The average Bonchev–Trinajstić information content (AvgIpc) is 2.38. The predicted molar refractivity (Wildman–Crippen MR) is 75.0 cm³/mol. The van der Waals surface area contributed by atoms with Crippen LogP contribution in [0.3, 0.4) is 0 Å². The van der Waals surface area contributed by atoms with Crippen molar-refractivity contribution in [2.75, 3.05) is 18.1 Å². The van der Waals surface area contributed by atoms with Crippen molar-refractivity contribution in [2.45, 2.75) is 0 Å². The van der Waals surface area contributed by atoms with Gasteiger partial charge in [-0.05, 0) is 35.0 Å². The van der Waals surface area contributed by atoms with Crippen LogP contribution in [0.25, 0.3) is 10.8 Å². The lowest BCUT2D eigenvalue weighted by atomic mass is 10.1. The Hall–Kier alpha value is -1.72. The largest absolute Gasteiger partial charge is 0.362 e. The summed E-state index contributed by atoms with van der Waals surface area (Å²) in [6.07, 6.45) is 0. The Kier molecular flexibility index (Phi) is 3.08. The molecule has 4 nitrogen and oxygen atoms in total. The monoisotopic (exact) mass is 319 g/mol. The minimum absolute atomic E-state index is 0.0515. The summed E-state index contributed by atoms with van der Waals surface area (Å²) in [7, 11) is 0. The fourth-order valence-electron chi connectivity index (χ4n) is 2.12. The number of amides is 2. The lowest BCUT2D eigenvalue weighted by Crippen LogP contribution is -2.46. The van der Waals surface area contributed by atoms with Crippen LogP contribution in [0.15, 0.2) is 40.9 Å². The van der Waals surface area contributed by atoms with Crippen molar-refractivity contribution in [1.29, 1.82) is 0 Å². The number of rotatable bonds is 1. The number of carbonyl (C=O) groups excluding carboxylic acids is 2. The molecule has 96 valence electrons. The maximum Gasteiger partial charge on any atom is 0.259 e. The lowest BCUT2D eigenvalue weighted by Gasteiger charge is -2.25. The Morgan fingerprint density at radius 1 is 0.947 bits per heavy atom. The normalized spacial score (nSPS) is 16.2. The number of nitrogens with zero attached hydrogens (tertiary/aromatic N) is 1. The average molecular weight is 320 g/mol. The number of anilines is 1. The Bertz CT molecular complexity index is 667. The molecule has 0 aliphatic carbocycles. The molecule has 1 aliphatic heterocycles. The number of halogens is 1. The Morgan fingerprint density at radius 3 is 2.32 bits per heavy atom. The fourth-order valence-corrected chi connectivity index (χ4v) is 2.50. The first-order valence-electron chi connectivity index (χ1n) is 5.78. The summed E-state index contributed by atoms with van der Waals surface area (Å²) in [5, 5.41) is 2.03. The zero-order valence-corrected chi connectivity index (χ0v) is 11.5. The summed E-state index contributed by atoms with van der Waals surface area (Å²) < 4.78 is 5.89. The Morgan fingerprint density at radius 2 is 1.58 bits per heavy atom. The molecular weight excluding hydrogens is 310 g/mol. The summed E-state index contributed by atoms with van der Waals surface area (Å²) in [5.74, 6) is -0.652. The molecule has 19 heavy (non-hydrogen) atoms. The van der Waals surface area contributed by atoms with Crippen LogP contribution in [0.1, 0.15) is 0 Å². The molecule has 0 aromatic heterocycles. The Balaban J connectivity index is 2.07. The maximum absolute atomic E-state index is 11.8. The van der Waals surface area contributed by atoms with Crippen LogP contribution in [-0.2, 0) is 14.3 Å². The second kappa shape index (κ2) is 4.75. The van der Waals surface area contributed by atoms with Gasteiger partial charge in [-0.15, -0.1) is 0 Å². The molecule has 1 heterocycles. The van der Waals surface area contributed by atoms with Crippen LogP contribution in [0.5, 0.6) is 0 Å². The molecule has 3 rings (SSSR count). The van der Waals surface area contributed by atoms with Crippen LogP contribution in [0, 0.1) is 0 Å². The summed E-state index contributed by atoms with van der Waals surface area (Å²) in [4.78, 5) is 24.7. The van der Waals surface area contributed by atoms with Gasteiger partial charge in [0, 0.05) is 4.47 Å². The molecule has 0 bridgehead atoms. The van der Waals surface area contributed by atoms with E-state index in [0.717, 1.165) is 15.2 Å². The van der Waals surface area contributed by atoms with Gasteiger partial charge in [-0.1, -0.05) is 28.1 Å². The molecule has 1 fully saturated rings. The second-order valence-corrected chi connectivity index (χ2v) is 5.21. The highest BCUT2D eigenvalue weighted by Crippen LogP contribution is 2.26. The first kappa shape index (κ1) is 12.3. The highest BCUT2D eigenvalue weighted by molar-refractivity contribution is 9.10. The van der Waals surface area contributed by atoms with Gasteiger partial charge >= 0.3 is 0 Å².